The topological polar surface area (TPSA) is 38.0 Å². The summed E-state index contributed by atoms with van der Waals surface area (Å²) in [5.41, 5.74) is 0. The zero-order chi connectivity index (χ0) is 9.97. The smallest absolute Gasteiger partial charge is 0.0632 e. The number of nitrogens with zero attached hydrogens (tertiary/aromatic N) is 2. The molecule has 1 fully saturated rings. The molecule has 14 heavy (non-hydrogen) atoms. The van der Waals surface area contributed by atoms with Gasteiger partial charge in [-0.25, -0.2) is 0 Å². The standard InChI is InChI=1S/C10H15BrN2O/c11-9-5-12-13(7-9)6-8-3-1-2-4-10(8)14/h5,7-8,10,14H,1-4,6H2. The van der Waals surface area contributed by atoms with Gasteiger partial charge in [-0.15, -0.1) is 0 Å². The number of aliphatic hydroxyl groups excluding tert-OH is 1. The minimum atomic E-state index is -0.133. The van der Waals surface area contributed by atoms with Crippen molar-refractivity contribution in [1.29, 1.82) is 0 Å². The minimum absolute atomic E-state index is 0.133. The Labute approximate surface area is 92.2 Å². The van der Waals surface area contributed by atoms with Crippen molar-refractivity contribution in [1.82, 2.24) is 9.78 Å². The average molecular weight is 259 g/mol. The number of aromatic nitrogens is 2. The van der Waals surface area contributed by atoms with E-state index in [-0.39, 0.29) is 6.10 Å². The summed E-state index contributed by atoms with van der Waals surface area (Å²) in [6.45, 7) is 0.840. The third kappa shape index (κ3) is 2.36. The minimum Gasteiger partial charge on any atom is -0.393 e. The van der Waals surface area contributed by atoms with Gasteiger partial charge in [-0.1, -0.05) is 12.8 Å². The van der Waals surface area contributed by atoms with Crippen molar-refractivity contribution >= 4 is 15.9 Å². The Morgan fingerprint density at radius 2 is 2.29 bits per heavy atom. The van der Waals surface area contributed by atoms with Crippen molar-refractivity contribution in [2.24, 2.45) is 5.92 Å². The Kier molecular flexibility index (Phi) is 3.23. The quantitative estimate of drug-likeness (QED) is 0.884. The molecule has 1 aliphatic carbocycles. The molecule has 2 atom stereocenters. The number of halogens is 1. The summed E-state index contributed by atoms with van der Waals surface area (Å²) >= 11 is 3.37. The summed E-state index contributed by atoms with van der Waals surface area (Å²) in [5, 5.41) is 14.0. The second kappa shape index (κ2) is 4.45. The molecule has 4 heteroatoms. The van der Waals surface area contributed by atoms with E-state index >= 15 is 0 Å². The molecule has 78 valence electrons. The van der Waals surface area contributed by atoms with E-state index < -0.39 is 0 Å². The molecule has 0 radical (unpaired) electrons. The van der Waals surface area contributed by atoms with Gasteiger partial charge >= 0.3 is 0 Å². The number of rotatable bonds is 2. The van der Waals surface area contributed by atoms with Gasteiger partial charge < -0.3 is 5.11 Å². The van der Waals surface area contributed by atoms with E-state index in [1.165, 1.54) is 12.8 Å². The van der Waals surface area contributed by atoms with Gasteiger partial charge in [0.2, 0.25) is 0 Å². The summed E-state index contributed by atoms with van der Waals surface area (Å²) < 4.78 is 2.91. The van der Waals surface area contributed by atoms with Crippen LogP contribution in [0.25, 0.3) is 0 Å². The highest BCUT2D eigenvalue weighted by Gasteiger charge is 2.23. The lowest BCUT2D eigenvalue weighted by Crippen LogP contribution is -2.28. The molecule has 2 unspecified atom stereocenters. The molecule has 1 N–H and O–H groups in total. The molecule has 3 nitrogen and oxygen atoms in total. The lowest BCUT2D eigenvalue weighted by molar-refractivity contribution is 0.0587. The summed E-state index contributed by atoms with van der Waals surface area (Å²) in [6, 6.07) is 0. The average Bonchev–Trinajstić information content (AvgIpc) is 2.56. The van der Waals surface area contributed by atoms with Crippen LogP contribution in [0.5, 0.6) is 0 Å². The predicted octanol–water partition coefficient (Wildman–Crippen LogP) is 2.20. The molecule has 0 saturated heterocycles. The third-order valence-corrected chi connectivity index (χ3v) is 3.30. The molecular formula is C10H15BrN2O. The molecule has 0 spiro atoms. The molecule has 1 heterocycles. The Morgan fingerprint density at radius 3 is 2.93 bits per heavy atom. The molecule has 1 saturated carbocycles. The molecule has 0 aromatic carbocycles. The summed E-state index contributed by atoms with van der Waals surface area (Å²) in [6.07, 6.45) is 8.10. The highest BCUT2D eigenvalue weighted by molar-refractivity contribution is 9.10. The lowest BCUT2D eigenvalue weighted by atomic mass is 9.86. The Morgan fingerprint density at radius 1 is 1.50 bits per heavy atom. The number of aliphatic hydroxyl groups is 1. The summed E-state index contributed by atoms with van der Waals surface area (Å²) in [4.78, 5) is 0. The van der Waals surface area contributed by atoms with Crippen molar-refractivity contribution < 1.29 is 5.11 Å². The van der Waals surface area contributed by atoms with Crippen LogP contribution in [0.15, 0.2) is 16.9 Å². The van der Waals surface area contributed by atoms with Crippen molar-refractivity contribution in [3.63, 3.8) is 0 Å². The molecule has 0 bridgehead atoms. The largest absolute Gasteiger partial charge is 0.393 e. The molecule has 1 aliphatic rings. The van der Waals surface area contributed by atoms with Gasteiger partial charge in [0.1, 0.15) is 0 Å². The van der Waals surface area contributed by atoms with Crippen molar-refractivity contribution in [2.45, 2.75) is 38.3 Å². The van der Waals surface area contributed by atoms with Crippen LogP contribution in [0.1, 0.15) is 25.7 Å². The van der Waals surface area contributed by atoms with Crippen LogP contribution in [0.2, 0.25) is 0 Å². The maximum atomic E-state index is 9.78. The first-order chi connectivity index (χ1) is 6.75. The van der Waals surface area contributed by atoms with Gasteiger partial charge in [0.15, 0.2) is 0 Å². The molecule has 1 aromatic rings. The first kappa shape index (κ1) is 10.2. The number of hydrogen-bond acceptors (Lipinski definition) is 2. The van der Waals surface area contributed by atoms with Crippen molar-refractivity contribution in [3.05, 3.63) is 16.9 Å². The maximum absolute atomic E-state index is 9.78. The van der Waals surface area contributed by atoms with E-state index in [0.717, 1.165) is 23.9 Å². The SMILES string of the molecule is OC1CCCCC1Cn1cc(Br)cn1. The third-order valence-electron chi connectivity index (χ3n) is 2.89. The predicted molar refractivity (Wildman–Crippen MR) is 57.9 cm³/mol. The van der Waals surface area contributed by atoms with E-state index in [0.29, 0.717) is 5.92 Å². The van der Waals surface area contributed by atoms with Crippen LogP contribution in [0, 0.1) is 5.92 Å². The molecule has 2 rings (SSSR count). The van der Waals surface area contributed by atoms with Crippen LogP contribution in [0.4, 0.5) is 0 Å². The van der Waals surface area contributed by atoms with Crippen LogP contribution < -0.4 is 0 Å². The second-order valence-corrected chi connectivity index (χ2v) is 4.91. The summed E-state index contributed by atoms with van der Waals surface area (Å²) in [7, 11) is 0. The molecule has 0 aliphatic heterocycles. The molecular weight excluding hydrogens is 244 g/mol. The molecule has 1 aromatic heterocycles. The highest BCUT2D eigenvalue weighted by atomic mass is 79.9. The first-order valence-corrected chi connectivity index (χ1v) is 5.91. The Hall–Kier alpha value is -0.350. The molecule has 0 amide bonds. The Bertz CT molecular complexity index is 300. The first-order valence-electron chi connectivity index (χ1n) is 5.12. The zero-order valence-corrected chi connectivity index (χ0v) is 9.65. The normalized spacial score (nSPS) is 27.9. The van der Waals surface area contributed by atoms with Crippen LogP contribution in [-0.2, 0) is 6.54 Å². The zero-order valence-electron chi connectivity index (χ0n) is 8.06. The monoisotopic (exact) mass is 258 g/mol. The van der Waals surface area contributed by atoms with E-state index in [9.17, 15) is 5.11 Å². The van der Waals surface area contributed by atoms with Gasteiger partial charge in [0.05, 0.1) is 16.8 Å². The fraction of sp³-hybridized carbons (Fsp3) is 0.700. The van der Waals surface area contributed by atoms with E-state index in [1.807, 2.05) is 10.9 Å². The van der Waals surface area contributed by atoms with Gasteiger partial charge in [0, 0.05) is 18.7 Å². The van der Waals surface area contributed by atoms with E-state index in [2.05, 4.69) is 21.0 Å². The second-order valence-electron chi connectivity index (χ2n) is 3.99. The van der Waals surface area contributed by atoms with Crippen molar-refractivity contribution in [2.75, 3.05) is 0 Å². The highest BCUT2D eigenvalue weighted by Crippen LogP contribution is 2.25. The van der Waals surface area contributed by atoms with Crippen LogP contribution in [-0.4, -0.2) is 21.0 Å². The number of hydrogen-bond donors (Lipinski definition) is 1. The van der Waals surface area contributed by atoms with Crippen molar-refractivity contribution in [3.8, 4) is 0 Å². The Balaban J connectivity index is 1.95. The van der Waals surface area contributed by atoms with Crippen LogP contribution in [0.3, 0.4) is 0 Å². The van der Waals surface area contributed by atoms with E-state index in [1.54, 1.807) is 6.20 Å². The van der Waals surface area contributed by atoms with Crippen LogP contribution >= 0.6 is 15.9 Å². The maximum Gasteiger partial charge on any atom is 0.0632 e. The fourth-order valence-electron chi connectivity index (χ4n) is 2.08. The van der Waals surface area contributed by atoms with Gasteiger partial charge in [-0.05, 0) is 28.8 Å². The van der Waals surface area contributed by atoms with Gasteiger partial charge in [-0.2, -0.15) is 5.10 Å². The fourth-order valence-corrected chi connectivity index (χ4v) is 2.41. The van der Waals surface area contributed by atoms with Gasteiger partial charge in [-0.3, -0.25) is 4.68 Å². The lowest BCUT2D eigenvalue weighted by Gasteiger charge is -2.27. The van der Waals surface area contributed by atoms with Gasteiger partial charge in [0.25, 0.3) is 0 Å². The van der Waals surface area contributed by atoms with E-state index in [4.69, 9.17) is 0 Å². The summed E-state index contributed by atoms with van der Waals surface area (Å²) in [5.74, 6) is 0.385.